The number of fused-ring (bicyclic) bond motifs is 4. The van der Waals surface area contributed by atoms with Crippen molar-refractivity contribution in [3.8, 4) is 17.8 Å². The number of nitriles is 2. The molecule has 4 heterocycles. The Morgan fingerprint density at radius 2 is 1.43 bits per heavy atom. The van der Waals surface area contributed by atoms with Crippen molar-refractivity contribution < 1.29 is 10.0 Å². The molecule has 0 saturated carbocycles. The SMILES string of the molecule is N#Cc1c[nH]n2c(=O)c3c(nc12)CCCC3.N#Cc1cnn2c(=O)c3c(n(-c4ccccc4)c12)CCCC3.OB(O)c1ccccc1. The average molecular weight is 626 g/mol. The minimum Gasteiger partial charge on any atom is -0.423 e. The summed E-state index contributed by atoms with van der Waals surface area (Å²) >= 11 is 0. The van der Waals surface area contributed by atoms with Gasteiger partial charge < -0.3 is 10.0 Å². The number of aromatic nitrogens is 6. The first-order valence-electron chi connectivity index (χ1n) is 15.5. The topological polar surface area (TPSA) is 177 Å². The van der Waals surface area contributed by atoms with E-state index in [2.05, 4.69) is 21.3 Å². The van der Waals surface area contributed by atoms with Crippen molar-refractivity contribution in [3.63, 3.8) is 0 Å². The summed E-state index contributed by atoms with van der Waals surface area (Å²) in [5.41, 5.74) is 6.73. The van der Waals surface area contributed by atoms with Crippen molar-refractivity contribution in [2.24, 2.45) is 0 Å². The molecule has 0 aliphatic heterocycles. The number of para-hydroxylation sites is 1. The first-order chi connectivity index (χ1) is 22.9. The maximum Gasteiger partial charge on any atom is 0.488 e. The van der Waals surface area contributed by atoms with Crippen LogP contribution in [0.25, 0.3) is 17.0 Å². The summed E-state index contributed by atoms with van der Waals surface area (Å²) < 4.78 is 4.76. The van der Waals surface area contributed by atoms with Crippen LogP contribution in [0.15, 0.2) is 82.6 Å². The maximum atomic E-state index is 12.7. The van der Waals surface area contributed by atoms with Crippen LogP contribution in [0.1, 0.15) is 59.3 Å². The van der Waals surface area contributed by atoms with Crippen LogP contribution in [0.3, 0.4) is 0 Å². The normalized spacial score (nSPS) is 13.2. The second kappa shape index (κ2) is 13.7. The van der Waals surface area contributed by atoms with Gasteiger partial charge in [0.2, 0.25) is 0 Å². The molecule has 0 spiro atoms. The Labute approximate surface area is 269 Å². The number of nitrogens with one attached hydrogen (secondary N) is 1. The molecule has 47 heavy (non-hydrogen) atoms. The average Bonchev–Trinajstić information content (AvgIpc) is 3.75. The smallest absolute Gasteiger partial charge is 0.423 e. The van der Waals surface area contributed by atoms with Gasteiger partial charge in [0.15, 0.2) is 11.3 Å². The first kappa shape index (κ1) is 31.2. The summed E-state index contributed by atoms with van der Waals surface area (Å²) in [6, 6.07) is 22.7. The van der Waals surface area contributed by atoms with E-state index in [0.29, 0.717) is 27.9 Å². The van der Waals surface area contributed by atoms with E-state index in [9.17, 15) is 14.9 Å². The fourth-order valence-electron chi connectivity index (χ4n) is 6.12. The highest BCUT2D eigenvalue weighted by Crippen LogP contribution is 2.25. The molecule has 0 fully saturated rings. The monoisotopic (exact) mass is 626 g/mol. The minimum absolute atomic E-state index is 0.0544. The number of H-pyrrole nitrogens is 1. The second-order valence-corrected chi connectivity index (χ2v) is 11.3. The van der Waals surface area contributed by atoms with Crippen molar-refractivity contribution >= 4 is 23.9 Å². The Hall–Kier alpha value is -5.76. The van der Waals surface area contributed by atoms with Crippen LogP contribution >= 0.6 is 0 Å². The molecule has 13 heteroatoms. The van der Waals surface area contributed by atoms with Gasteiger partial charge in [-0.3, -0.25) is 19.3 Å². The van der Waals surface area contributed by atoms with Gasteiger partial charge in [0.05, 0.1) is 11.9 Å². The molecule has 0 radical (unpaired) electrons. The van der Waals surface area contributed by atoms with Gasteiger partial charge in [-0.05, 0) is 69.0 Å². The molecule has 2 aromatic carbocycles. The van der Waals surface area contributed by atoms with E-state index in [1.54, 1.807) is 24.3 Å². The summed E-state index contributed by atoms with van der Waals surface area (Å²) in [5, 5.41) is 42.3. The van der Waals surface area contributed by atoms with E-state index in [0.717, 1.165) is 79.6 Å². The molecule has 0 bridgehead atoms. The maximum absolute atomic E-state index is 12.7. The largest absolute Gasteiger partial charge is 0.488 e. The van der Waals surface area contributed by atoms with Crippen molar-refractivity contribution in [2.75, 3.05) is 0 Å². The quantitative estimate of drug-likeness (QED) is 0.245. The Bertz CT molecular complexity index is 2260. The van der Waals surface area contributed by atoms with Gasteiger partial charge in [0, 0.05) is 28.7 Å². The third-order valence-electron chi connectivity index (χ3n) is 8.40. The Morgan fingerprint density at radius 1 is 0.787 bits per heavy atom. The summed E-state index contributed by atoms with van der Waals surface area (Å²) in [4.78, 5) is 29.2. The molecule has 2 aliphatic carbocycles. The lowest BCUT2D eigenvalue weighted by molar-refractivity contribution is 0.426. The summed E-state index contributed by atoms with van der Waals surface area (Å²) in [6.45, 7) is 0. The number of hydrogen-bond donors (Lipinski definition) is 3. The molecular weight excluding hydrogens is 595 g/mol. The van der Waals surface area contributed by atoms with E-state index >= 15 is 0 Å². The van der Waals surface area contributed by atoms with E-state index < -0.39 is 7.12 Å². The molecule has 12 nitrogen and oxygen atoms in total. The Balaban J connectivity index is 0.000000135. The molecule has 234 valence electrons. The van der Waals surface area contributed by atoms with Crippen LogP contribution in [0.5, 0.6) is 0 Å². The molecule has 0 saturated heterocycles. The van der Waals surface area contributed by atoms with Crippen molar-refractivity contribution in [1.29, 1.82) is 10.5 Å². The zero-order chi connectivity index (χ0) is 32.9. The highest BCUT2D eigenvalue weighted by molar-refractivity contribution is 6.58. The lowest BCUT2D eigenvalue weighted by Crippen LogP contribution is -2.29. The van der Waals surface area contributed by atoms with E-state index in [1.807, 2.05) is 47.0 Å². The van der Waals surface area contributed by atoms with Gasteiger partial charge in [-0.25, -0.2) is 9.50 Å². The Morgan fingerprint density at radius 3 is 2.09 bits per heavy atom. The number of hydrogen-bond acceptors (Lipinski definition) is 8. The third kappa shape index (κ3) is 6.10. The van der Waals surface area contributed by atoms with Crippen LogP contribution in [0, 0.1) is 22.7 Å². The number of benzene rings is 2. The third-order valence-corrected chi connectivity index (χ3v) is 8.40. The van der Waals surface area contributed by atoms with Gasteiger partial charge in [-0.1, -0.05) is 48.5 Å². The number of nitrogens with zero attached hydrogens (tertiary/aromatic N) is 7. The molecule has 0 amide bonds. The molecular formula is C34H31BN8O4. The number of aryl methyl sites for hydroxylation is 1. The zero-order valence-corrected chi connectivity index (χ0v) is 25.5. The summed E-state index contributed by atoms with van der Waals surface area (Å²) in [7, 11) is -1.34. The van der Waals surface area contributed by atoms with Crippen LogP contribution < -0.4 is 16.6 Å². The van der Waals surface area contributed by atoms with Crippen LogP contribution in [-0.2, 0) is 25.7 Å². The van der Waals surface area contributed by atoms with Gasteiger partial charge in [-0.2, -0.15) is 20.1 Å². The Kier molecular flexibility index (Phi) is 9.11. The van der Waals surface area contributed by atoms with Crippen LogP contribution in [0.2, 0.25) is 0 Å². The van der Waals surface area contributed by atoms with Gasteiger partial charge in [0.25, 0.3) is 11.1 Å². The molecule has 2 aliphatic rings. The predicted octanol–water partition coefficient (Wildman–Crippen LogP) is 2.38. The van der Waals surface area contributed by atoms with Gasteiger partial charge in [0.1, 0.15) is 23.3 Å². The minimum atomic E-state index is -1.34. The fourth-order valence-corrected chi connectivity index (χ4v) is 6.12. The predicted molar refractivity (Wildman–Crippen MR) is 176 cm³/mol. The zero-order valence-electron chi connectivity index (χ0n) is 25.5. The molecule has 8 rings (SSSR count). The number of aromatic amines is 1. The highest BCUT2D eigenvalue weighted by atomic mass is 16.4. The van der Waals surface area contributed by atoms with E-state index in [4.69, 9.17) is 15.3 Å². The molecule has 4 aromatic heterocycles. The van der Waals surface area contributed by atoms with Crippen LogP contribution in [0.4, 0.5) is 0 Å². The fraction of sp³-hybridized carbons (Fsp3) is 0.235. The van der Waals surface area contributed by atoms with E-state index in [1.165, 1.54) is 21.4 Å². The lowest BCUT2D eigenvalue weighted by Gasteiger charge is -2.22. The highest BCUT2D eigenvalue weighted by Gasteiger charge is 2.23. The number of rotatable bonds is 2. The van der Waals surface area contributed by atoms with E-state index in [-0.39, 0.29) is 11.1 Å². The second-order valence-electron chi connectivity index (χ2n) is 11.3. The summed E-state index contributed by atoms with van der Waals surface area (Å²) in [5.74, 6) is 0. The van der Waals surface area contributed by atoms with Crippen molar-refractivity contribution in [2.45, 2.75) is 51.4 Å². The first-order valence-corrected chi connectivity index (χ1v) is 15.5. The lowest BCUT2D eigenvalue weighted by atomic mass is 9.81. The van der Waals surface area contributed by atoms with Gasteiger partial charge >= 0.3 is 7.12 Å². The van der Waals surface area contributed by atoms with Crippen molar-refractivity contribution in [1.82, 2.24) is 28.8 Å². The van der Waals surface area contributed by atoms with Crippen LogP contribution in [-0.4, -0.2) is 45.9 Å². The molecule has 0 unspecified atom stereocenters. The van der Waals surface area contributed by atoms with Gasteiger partial charge in [-0.15, -0.1) is 0 Å². The van der Waals surface area contributed by atoms with Crippen molar-refractivity contribution in [3.05, 3.63) is 127 Å². The molecule has 6 aromatic rings. The standard InChI is InChI=1S/C17H14N4O.C11H10N4O.C6H7BO2/c18-10-12-11-19-21-16(12)20(13-6-2-1-3-7-13)15-9-5-4-8-14(15)17(21)22;12-5-7-6-13-15-10(7)14-9-4-2-1-3-8(9)11(15)16;8-7(9)6-4-2-1-3-5-6/h1-3,6-7,11H,4-5,8-9H2;6,13H,1-4H2;1-5,8-9H. The molecule has 0 atom stereocenters. The molecule has 3 N–H and O–H groups in total. The summed E-state index contributed by atoms with van der Waals surface area (Å²) in [6.07, 6.45) is 10.5.